The Kier molecular flexibility index (Phi) is 8.20. The number of benzene rings is 1. The van der Waals surface area contributed by atoms with Gasteiger partial charge in [-0.15, -0.1) is 0 Å². The van der Waals surface area contributed by atoms with Crippen LogP contribution in [0.1, 0.15) is 83.9 Å². The molecule has 0 saturated carbocycles. The lowest BCUT2D eigenvalue weighted by Crippen LogP contribution is -2.03. The minimum atomic E-state index is 1.02. The van der Waals surface area contributed by atoms with Gasteiger partial charge in [0.2, 0.25) is 0 Å². The molecule has 1 heterocycles. The third-order valence-electron chi connectivity index (χ3n) is 4.79. The lowest BCUT2D eigenvalue weighted by atomic mass is 10.1. The largest absolute Gasteiger partial charge is 0.328 e. The number of aromatic nitrogens is 2. The van der Waals surface area contributed by atoms with Crippen molar-refractivity contribution in [3.63, 3.8) is 0 Å². The molecule has 0 aliphatic carbocycles. The Bertz CT molecular complexity index is 556. The van der Waals surface area contributed by atoms with Crippen LogP contribution in [0.5, 0.6) is 0 Å². The third-order valence-corrected chi connectivity index (χ3v) is 4.79. The van der Waals surface area contributed by atoms with E-state index in [1.807, 2.05) is 0 Å². The summed E-state index contributed by atoms with van der Waals surface area (Å²) in [5.41, 5.74) is 2.46. The van der Waals surface area contributed by atoms with E-state index in [2.05, 4.69) is 42.7 Å². The van der Waals surface area contributed by atoms with Crippen LogP contribution in [0, 0.1) is 0 Å². The lowest BCUT2D eigenvalue weighted by Gasteiger charge is -2.08. The highest BCUT2D eigenvalue weighted by atomic mass is 15.1. The van der Waals surface area contributed by atoms with Gasteiger partial charge in [0.15, 0.2) is 0 Å². The molecular weight excluding hydrogens is 280 g/mol. The molecule has 0 saturated heterocycles. The van der Waals surface area contributed by atoms with Gasteiger partial charge in [0.1, 0.15) is 5.82 Å². The zero-order valence-electron chi connectivity index (χ0n) is 15.2. The number of aryl methyl sites for hydroxylation is 2. The SMILES string of the molecule is CCCCCCCCCCCCn1c(CC)nc2ccccc21. The van der Waals surface area contributed by atoms with Crippen molar-refractivity contribution >= 4 is 11.0 Å². The van der Waals surface area contributed by atoms with Gasteiger partial charge in [-0.1, -0.05) is 83.8 Å². The van der Waals surface area contributed by atoms with Crippen LogP contribution in [-0.4, -0.2) is 9.55 Å². The van der Waals surface area contributed by atoms with E-state index in [-0.39, 0.29) is 0 Å². The van der Waals surface area contributed by atoms with Crippen molar-refractivity contribution in [2.45, 2.75) is 91.0 Å². The van der Waals surface area contributed by atoms with Crippen LogP contribution in [0.2, 0.25) is 0 Å². The lowest BCUT2D eigenvalue weighted by molar-refractivity contribution is 0.533. The van der Waals surface area contributed by atoms with Gasteiger partial charge in [0, 0.05) is 13.0 Å². The number of para-hydroxylation sites is 2. The first-order valence-electron chi connectivity index (χ1n) is 9.81. The molecular formula is C21H34N2. The zero-order valence-corrected chi connectivity index (χ0v) is 15.2. The molecule has 0 spiro atoms. The molecule has 0 radical (unpaired) electrons. The van der Waals surface area contributed by atoms with Crippen molar-refractivity contribution in [3.8, 4) is 0 Å². The summed E-state index contributed by atoms with van der Waals surface area (Å²) in [7, 11) is 0. The van der Waals surface area contributed by atoms with Crippen LogP contribution in [-0.2, 0) is 13.0 Å². The van der Waals surface area contributed by atoms with Crippen molar-refractivity contribution in [2.75, 3.05) is 0 Å². The summed E-state index contributed by atoms with van der Waals surface area (Å²) in [6.45, 7) is 5.61. The summed E-state index contributed by atoms with van der Waals surface area (Å²) >= 11 is 0. The quantitative estimate of drug-likeness (QED) is 0.408. The van der Waals surface area contributed by atoms with Crippen LogP contribution in [0.25, 0.3) is 11.0 Å². The van der Waals surface area contributed by atoms with Gasteiger partial charge in [0.05, 0.1) is 11.0 Å². The van der Waals surface area contributed by atoms with Crippen molar-refractivity contribution in [3.05, 3.63) is 30.1 Å². The predicted octanol–water partition coefficient (Wildman–Crippen LogP) is 6.52. The van der Waals surface area contributed by atoms with Gasteiger partial charge in [-0.3, -0.25) is 0 Å². The van der Waals surface area contributed by atoms with Gasteiger partial charge in [-0.2, -0.15) is 0 Å². The molecule has 0 atom stereocenters. The highest BCUT2D eigenvalue weighted by Crippen LogP contribution is 2.18. The highest BCUT2D eigenvalue weighted by Gasteiger charge is 2.07. The second kappa shape index (κ2) is 10.5. The topological polar surface area (TPSA) is 17.8 Å². The Morgan fingerprint density at radius 1 is 0.783 bits per heavy atom. The Balaban J connectivity index is 1.65. The number of nitrogens with zero attached hydrogens (tertiary/aromatic N) is 2. The second-order valence-electron chi connectivity index (χ2n) is 6.70. The van der Waals surface area contributed by atoms with Gasteiger partial charge in [-0.25, -0.2) is 4.98 Å². The molecule has 1 aromatic carbocycles. The summed E-state index contributed by atoms with van der Waals surface area (Å²) in [6.07, 6.45) is 15.0. The molecule has 0 aliphatic rings. The van der Waals surface area contributed by atoms with Crippen molar-refractivity contribution in [2.24, 2.45) is 0 Å². The van der Waals surface area contributed by atoms with E-state index >= 15 is 0 Å². The average molecular weight is 315 g/mol. The maximum Gasteiger partial charge on any atom is 0.109 e. The first-order chi connectivity index (χ1) is 11.4. The molecule has 0 aliphatic heterocycles. The van der Waals surface area contributed by atoms with E-state index in [9.17, 15) is 0 Å². The summed E-state index contributed by atoms with van der Waals surface area (Å²) in [6, 6.07) is 8.54. The highest BCUT2D eigenvalue weighted by molar-refractivity contribution is 5.75. The number of unbranched alkanes of at least 4 members (excludes halogenated alkanes) is 9. The fraction of sp³-hybridized carbons (Fsp3) is 0.667. The average Bonchev–Trinajstić information content (AvgIpc) is 2.94. The van der Waals surface area contributed by atoms with Gasteiger partial charge in [-0.05, 0) is 18.6 Å². The molecule has 2 aromatic rings. The number of hydrogen-bond donors (Lipinski definition) is 0. The number of fused-ring (bicyclic) bond motifs is 1. The minimum Gasteiger partial charge on any atom is -0.328 e. The molecule has 23 heavy (non-hydrogen) atoms. The monoisotopic (exact) mass is 314 g/mol. The number of hydrogen-bond acceptors (Lipinski definition) is 1. The van der Waals surface area contributed by atoms with Crippen LogP contribution in [0.15, 0.2) is 24.3 Å². The maximum atomic E-state index is 4.76. The third kappa shape index (κ3) is 5.67. The van der Waals surface area contributed by atoms with Crippen LogP contribution >= 0.6 is 0 Å². The Morgan fingerprint density at radius 3 is 2.04 bits per heavy atom. The van der Waals surface area contributed by atoms with E-state index in [0.717, 1.165) is 18.5 Å². The first-order valence-corrected chi connectivity index (χ1v) is 9.81. The van der Waals surface area contributed by atoms with Crippen LogP contribution in [0.3, 0.4) is 0 Å². The molecule has 2 rings (SSSR count). The van der Waals surface area contributed by atoms with Gasteiger partial charge >= 0.3 is 0 Å². The van der Waals surface area contributed by atoms with Crippen molar-refractivity contribution in [1.29, 1.82) is 0 Å². The van der Waals surface area contributed by atoms with Crippen LogP contribution in [0.4, 0.5) is 0 Å². The minimum absolute atomic E-state index is 1.02. The fourth-order valence-electron chi connectivity index (χ4n) is 3.40. The molecule has 0 bridgehead atoms. The Morgan fingerprint density at radius 2 is 1.39 bits per heavy atom. The maximum absolute atomic E-state index is 4.76. The number of imidazole rings is 1. The fourth-order valence-corrected chi connectivity index (χ4v) is 3.40. The molecule has 0 amide bonds. The van der Waals surface area contributed by atoms with E-state index in [4.69, 9.17) is 4.98 Å². The molecule has 2 heteroatoms. The molecule has 0 fully saturated rings. The Labute approximate surface area is 142 Å². The van der Waals surface area contributed by atoms with Crippen molar-refractivity contribution < 1.29 is 0 Å². The second-order valence-corrected chi connectivity index (χ2v) is 6.70. The summed E-state index contributed by atoms with van der Waals surface area (Å²) in [5, 5.41) is 0. The van der Waals surface area contributed by atoms with Crippen molar-refractivity contribution in [1.82, 2.24) is 9.55 Å². The van der Waals surface area contributed by atoms with Gasteiger partial charge < -0.3 is 4.57 Å². The van der Waals surface area contributed by atoms with E-state index in [1.54, 1.807) is 0 Å². The Hall–Kier alpha value is -1.31. The standard InChI is InChI=1S/C21H34N2/c1-3-5-6-7-8-9-10-11-12-15-18-23-20-17-14-13-16-19(20)22-21(23)4-2/h13-14,16-17H,3-12,15,18H2,1-2H3. The van der Waals surface area contributed by atoms with E-state index in [1.165, 1.54) is 75.5 Å². The summed E-state index contributed by atoms with van der Waals surface area (Å²) < 4.78 is 2.43. The summed E-state index contributed by atoms with van der Waals surface area (Å²) in [5.74, 6) is 1.24. The predicted molar refractivity (Wildman–Crippen MR) is 101 cm³/mol. The summed E-state index contributed by atoms with van der Waals surface area (Å²) in [4.78, 5) is 4.76. The first kappa shape index (κ1) is 18.0. The molecule has 128 valence electrons. The molecule has 0 N–H and O–H groups in total. The zero-order chi connectivity index (χ0) is 16.3. The molecule has 2 nitrogen and oxygen atoms in total. The molecule has 1 aromatic heterocycles. The van der Waals surface area contributed by atoms with E-state index < -0.39 is 0 Å². The number of rotatable bonds is 12. The normalized spacial score (nSPS) is 11.4. The van der Waals surface area contributed by atoms with E-state index in [0.29, 0.717) is 0 Å². The van der Waals surface area contributed by atoms with Crippen LogP contribution < -0.4 is 0 Å². The van der Waals surface area contributed by atoms with Gasteiger partial charge in [0.25, 0.3) is 0 Å². The molecule has 0 unspecified atom stereocenters. The smallest absolute Gasteiger partial charge is 0.109 e.